The lowest BCUT2D eigenvalue weighted by Gasteiger charge is -2.32. The van der Waals surface area contributed by atoms with Crippen LogP contribution in [0.25, 0.3) is 21.5 Å². The van der Waals surface area contributed by atoms with Gasteiger partial charge in [0.1, 0.15) is 0 Å². The average molecular weight is 568 g/mol. The third-order valence-corrected chi connectivity index (χ3v) is 8.30. The van der Waals surface area contributed by atoms with Crippen LogP contribution in [0.3, 0.4) is 0 Å². The van der Waals surface area contributed by atoms with Crippen LogP contribution in [0, 0.1) is 0 Å². The van der Waals surface area contributed by atoms with Crippen molar-refractivity contribution in [2.45, 2.75) is 6.42 Å². The van der Waals surface area contributed by atoms with Crippen molar-refractivity contribution in [3.05, 3.63) is 88.4 Å². The van der Waals surface area contributed by atoms with Gasteiger partial charge in [-0.15, -0.1) is 11.3 Å². The normalized spacial score (nSPS) is 16.3. The molecule has 2 aliphatic rings. The smallest absolute Gasteiger partial charge is 0.337 e. The summed E-state index contributed by atoms with van der Waals surface area (Å²) in [5.74, 6) is -0.626. The molecule has 6 rings (SSSR count). The van der Waals surface area contributed by atoms with E-state index in [0.29, 0.717) is 34.5 Å². The Balaban J connectivity index is 1.33. The van der Waals surface area contributed by atoms with Gasteiger partial charge >= 0.3 is 5.97 Å². The molecule has 1 saturated heterocycles. The van der Waals surface area contributed by atoms with Crippen LogP contribution in [-0.2, 0) is 20.7 Å². The Morgan fingerprint density at radius 2 is 1.76 bits per heavy atom. The van der Waals surface area contributed by atoms with Gasteiger partial charge in [-0.05, 0) is 49.0 Å². The van der Waals surface area contributed by atoms with Crippen molar-refractivity contribution in [1.82, 2.24) is 14.8 Å². The number of methoxy groups -OCH3 is 1. The van der Waals surface area contributed by atoms with Gasteiger partial charge in [0, 0.05) is 43.0 Å². The number of hydrogen-bond donors (Lipinski definition) is 2. The van der Waals surface area contributed by atoms with E-state index in [4.69, 9.17) is 4.74 Å². The largest absolute Gasteiger partial charge is 0.465 e. The lowest BCUT2D eigenvalue weighted by Crippen LogP contribution is -2.47. The summed E-state index contributed by atoms with van der Waals surface area (Å²) in [4.78, 5) is 46.9. The van der Waals surface area contributed by atoms with Crippen LogP contribution in [0.5, 0.6) is 0 Å². The van der Waals surface area contributed by atoms with Crippen molar-refractivity contribution in [3.63, 3.8) is 0 Å². The molecule has 2 amide bonds. The molecule has 2 N–H and O–H groups in total. The summed E-state index contributed by atoms with van der Waals surface area (Å²) in [6.45, 7) is 3.28. The quantitative estimate of drug-likeness (QED) is 0.264. The third-order valence-electron chi connectivity index (χ3n) is 7.49. The highest BCUT2D eigenvalue weighted by Crippen LogP contribution is 2.39. The van der Waals surface area contributed by atoms with Crippen molar-refractivity contribution in [2.75, 3.05) is 51.0 Å². The summed E-state index contributed by atoms with van der Waals surface area (Å²) < 4.78 is 5.89. The molecular formula is C31H29N5O4S. The number of thiazole rings is 1. The second-order valence-corrected chi connectivity index (χ2v) is 11.1. The molecule has 1 fully saturated rings. The first-order valence-corrected chi connectivity index (χ1v) is 14.2. The van der Waals surface area contributed by atoms with Gasteiger partial charge < -0.3 is 25.2 Å². The van der Waals surface area contributed by atoms with Gasteiger partial charge in [0.15, 0.2) is 0 Å². The van der Waals surface area contributed by atoms with Crippen molar-refractivity contribution in [2.24, 2.45) is 0 Å². The molecule has 41 heavy (non-hydrogen) atoms. The van der Waals surface area contributed by atoms with E-state index in [0.717, 1.165) is 53.2 Å². The summed E-state index contributed by atoms with van der Waals surface area (Å²) >= 11 is 1.55. The highest BCUT2D eigenvalue weighted by atomic mass is 32.1. The monoisotopic (exact) mass is 567 g/mol. The van der Waals surface area contributed by atoms with E-state index in [1.54, 1.807) is 35.0 Å². The summed E-state index contributed by atoms with van der Waals surface area (Å²) in [6, 6.07) is 18.7. The Hall–Kier alpha value is -4.54. The average Bonchev–Trinajstić information content (AvgIpc) is 3.59. The molecule has 0 radical (unpaired) electrons. The number of esters is 1. The maximum absolute atomic E-state index is 13.4. The van der Waals surface area contributed by atoms with Crippen LogP contribution in [0.15, 0.2) is 66.2 Å². The number of anilines is 2. The number of carbonyl (C=O) groups is 3. The molecule has 1 aromatic heterocycles. The number of fused-ring (bicyclic) bond motifs is 2. The fourth-order valence-corrected chi connectivity index (χ4v) is 5.81. The maximum atomic E-state index is 13.4. The van der Waals surface area contributed by atoms with Crippen LogP contribution in [-0.4, -0.2) is 72.9 Å². The van der Waals surface area contributed by atoms with E-state index in [1.165, 1.54) is 7.11 Å². The number of benzene rings is 3. The number of aromatic nitrogens is 1. The lowest BCUT2D eigenvalue weighted by atomic mass is 9.98. The Kier molecular flexibility index (Phi) is 7.25. The van der Waals surface area contributed by atoms with E-state index in [9.17, 15) is 14.4 Å². The van der Waals surface area contributed by atoms with Crippen LogP contribution in [0.1, 0.15) is 27.0 Å². The predicted molar refractivity (Wildman–Crippen MR) is 161 cm³/mol. The summed E-state index contributed by atoms with van der Waals surface area (Å²) in [5, 5.41) is 6.36. The molecule has 2 aliphatic heterocycles. The SMILES string of the molecule is COC(=O)c1ccc2c(c1)NC(=O)/C2=C(\Nc1ccc(CC(=O)N2CCN(C)CC2)cc1)c1ccc2scnc2c1. The highest BCUT2D eigenvalue weighted by Gasteiger charge is 2.29. The number of piperazine rings is 1. The van der Waals surface area contributed by atoms with Crippen LogP contribution in [0.2, 0.25) is 0 Å². The maximum Gasteiger partial charge on any atom is 0.337 e. The first-order valence-electron chi connectivity index (χ1n) is 13.3. The molecule has 0 spiro atoms. The fraction of sp³-hybridized carbons (Fsp3) is 0.226. The Labute approximate surface area is 241 Å². The van der Waals surface area contributed by atoms with Crippen molar-refractivity contribution in [1.29, 1.82) is 0 Å². The number of carbonyl (C=O) groups excluding carboxylic acids is 3. The molecule has 0 atom stereocenters. The lowest BCUT2D eigenvalue weighted by molar-refractivity contribution is -0.132. The van der Waals surface area contributed by atoms with Gasteiger partial charge in [-0.1, -0.05) is 24.3 Å². The zero-order valence-electron chi connectivity index (χ0n) is 22.8. The van der Waals surface area contributed by atoms with Crippen LogP contribution in [0.4, 0.5) is 11.4 Å². The number of likely N-dealkylation sites (N-methyl/N-ethyl adjacent to an activating group) is 1. The minimum absolute atomic E-state index is 0.128. The number of ether oxygens (including phenoxy) is 1. The second kappa shape index (κ2) is 11.1. The molecule has 3 aromatic carbocycles. The topological polar surface area (TPSA) is 104 Å². The molecule has 9 nitrogen and oxygen atoms in total. The molecule has 208 valence electrons. The van der Waals surface area contributed by atoms with E-state index < -0.39 is 5.97 Å². The van der Waals surface area contributed by atoms with Crippen molar-refractivity contribution in [3.8, 4) is 0 Å². The fourth-order valence-electron chi connectivity index (χ4n) is 5.15. The van der Waals surface area contributed by atoms with Gasteiger partial charge in [-0.25, -0.2) is 9.78 Å². The van der Waals surface area contributed by atoms with Gasteiger partial charge in [0.2, 0.25) is 5.91 Å². The van der Waals surface area contributed by atoms with Gasteiger partial charge in [-0.3, -0.25) is 9.59 Å². The Morgan fingerprint density at radius 1 is 1.00 bits per heavy atom. The van der Waals surface area contributed by atoms with Crippen molar-refractivity contribution < 1.29 is 19.1 Å². The first-order chi connectivity index (χ1) is 19.9. The van der Waals surface area contributed by atoms with Gasteiger partial charge in [0.05, 0.1) is 51.8 Å². The van der Waals surface area contributed by atoms with Crippen LogP contribution >= 0.6 is 11.3 Å². The second-order valence-electron chi connectivity index (χ2n) is 10.2. The van der Waals surface area contributed by atoms with Crippen LogP contribution < -0.4 is 10.6 Å². The van der Waals surface area contributed by atoms with E-state index in [2.05, 4.69) is 27.6 Å². The third kappa shape index (κ3) is 5.44. The van der Waals surface area contributed by atoms with E-state index in [-0.39, 0.29) is 11.8 Å². The number of amides is 2. The minimum atomic E-state index is -0.474. The zero-order chi connectivity index (χ0) is 28.5. The Bertz CT molecular complexity index is 1690. The molecule has 0 saturated carbocycles. The molecular weight excluding hydrogens is 538 g/mol. The zero-order valence-corrected chi connectivity index (χ0v) is 23.6. The summed E-state index contributed by atoms with van der Waals surface area (Å²) in [7, 11) is 3.39. The van der Waals surface area contributed by atoms with Gasteiger partial charge in [0.25, 0.3) is 5.91 Å². The highest BCUT2D eigenvalue weighted by molar-refractivity contribution is 7.16. The number of nitrogens with one attached hydrogen (secondary N) is 2. The predicted octanol–water partition coefficient (Wildman–Crippen LogP) is 4.33. The van der Waals surface area contributed by atoms with Crippen molar-refractivity contribution >= 4 is 62.0 Å². The molecule has 0 aliphatic carbocycles. The number of nitrogens with zero attached hydrogens (tertiary/aromatic N) is 3. The minimum Gasteiger partial charge on any atom is -0.465 e. The van der Waals surface area contributed by atoms with E-state index in [1.807, 2.05) is 47.4 Å². The molecule has 3 heterocycles. The number of hydrogen-bond acceptors (Lipinski definition) is 8. The Morgan fingerprint density at radius 3 is 2.51 bits per heavy atom. The number of rotatable bonds is 6. The molecule has 0 bridgehead atoms. The molecule has 10 heteroatoms. The standard InChI is InChI=1S/C31H29N5O4S/c1-35-11-13-36(14-12-35)27(37)15-19-3-7-22(8-4-19)33-29(20-6-10-26-25(16-20)32-18-41-26)28-23-9-5-21(31(39)40-2)17-24(23)34-30(28)38/h3-10,16-18,33H,11-15H2,1-2H3,(H,34,38)/b29-28-. The summed E-state index contributed by atoms with van der Waals surface area (Å²) in [6.07, 6.45) is 0.344. The van der Waals surface area contributed by atoms with E-state index >= 15 is 0 Å². The first kappa shape index (κ1) is 26.7. The van der Waals surface area contributed by atoms with Gasteiger partial charge in [-0.2, -0.15) is 0 Å². The summed E-state index contributed by atoms with van der Waals surface area (Å²) in [5.41, 5.74) is 7.78. The molecule has 4 aromatic rings. The molecule has 0 unspecified atom stereocenters.